The lowest BCUT2D eigenvalue weighted by Gasteiger charge is -2.46. The van der Waals surface area contributed by atoms with E-state index in [4.69, 9.17) is 25.8 Å². The van der Waals surface area contributed by atoms with Crippen molar-refractivity contribution in [1.82, 2.24) is 4.72 Å². The van der Waals surface area contributed by atoms with Gasteiger partial charge in [-0.15, -0.1) is 0 Å². The van der Waals surface area contributed by atoms with Gasteiger partial charge in [-0.1, -0.05) is 29.8 Å². The highest BCUT2D eigenvalue weighted by atomic mass is 35.5. The molecule has 45 heavy (non-hydrogen) atoms. The Kier molecular flexibility index (Phi) is 9.19. The number of carbonyl (C=O) groups is 2. The fourth-order valence-electron chi connectivity index (χ4n) is 7.34. The van der Waals surface area contributed by atoms with Gasteiger partial charge < -0.3 is 19.1 Å². The lowest BCUT2D eigenvalue weighted by Crippen LogP contribution is -2.49. The monoisotopic (exact) mass is 656 g/mol. The first-order chi connectivity index (χ1) is 21.6. The number of amides is 1. The van der Waals surface area contributed by atoms with Crippen molar-refractivity contribution in [3.05, 3.63) is 70.3 Å². The maximum atomic E-state index is 13.3. The third kappa shape index (κ3) is 6.60. The van der Waals surface area contributed by atoms with Crippen LogP contribution in [0.2, 0.25) is 5.02 Å². The number of carbonyl (C=O) groups excluding carboxylic acids is 2. The zero-order valence-corrected chi connectivity index (χ0v) is 27.4. The number of esters is 1. The first-order valence-electron chi connectivity index (χ1n) is 15.8. The molecule has 2 heterocycles. The fourth-order valence-corrected chi connectivity index (χ4v) is 8.56. The van der Waals surface area contributed by atoms with Gasteiger partial charge in [0.25, 0.3) is 5.91 Å². The van der Waals surface area contributed by atoms with Gasteiger partial charge in [0.1, 0.15) is 12.4 Å². The Morgan fingerprint density at radius 1 is 1.18 bits per heavy atom. The number of methoxy groups -OCH3 is 1. The van der Waals surface area contributed by atoms with Crippen molar-refractivity contribution < 1.29 is 32.2 Å². The second-order valence-corrected chi connectivity index (χ2v) is 15.5. The van der Waals surface area contributed by atoms with E-state index in [1.54, 1.807) is 25.1 Å². The molecule has 2 aromatic carbocycles. The van der Waals surface area contributed by atoms with Gasteiger partial charge in [-0.3, -0.25) is 4.79 Å². The molecule has 2 aliphatic heterocycles. The number of nitrogens with zero attached hydrogens (tertiary/aromatic N) is 1. The minimum Gasteiger partial charge on any atom is -0.490 e. The Morgan fingerprint density at radius 2 is 2.02 bits per heavy atom. The molecule has 1 amide bonds. The van der Waals surface area contributed by atoms with E-state index in [1.807, 2.05) is 18.2 Å². The van der Waals surface area contributed by atoms with Gasteiger partial charge in [-0.2, -0.15) is 0 Å². The molecule has 2 aliphatic carbocycles. The van der Waals surface area contributed by atoms with E-state index in [0.29, 0.717) is 38.3 Å². The zero-order valence-electron chi connectivity index (χ0n) is 25.8. The summed E-state index contributed by atoms with van der Waals surface area (Å²) in [6.45, 7) is 3.28. The van der Waals surface area contributed by atoms with E-state index in [-0.39, 0.29) is 35.5 Å². The van der Waals surface area contributed by atoms with Crippen LogP contribution in [0.4, 0.5) is 5.69 Å². The number of anilines is 1. The van der Waals surface area contributed by atoms with Crippen molar-refractivity contribution in [2.75, 3.05) is 38.3 Å². The Labute approximate surface area is 270 Å². The highest BCUT2D eigenvalue weighted by Crippen LogP contribution is 2.47. The average molecular weight is 657 g/mol. The molecule has 242 valence electrons. The Balaban J connectivity index is 1.40. The summed E-state index contributed by atoms with van der Waals surface area (Å²) in [6, 6.07) is 11.3. The van der Waals surface area contributed by atoms with Crippen molar-refractivity contribution in [3.63, 3.8) is 0 Å². The van der Waals surface area contributed by atoms with Crippen LogP contribution in [0.25, 0.3) is 0 Å². The Morgan fingerprint density at radius 3 is 2.80 bits per heavy atom. The summed E-state index contributed by atoms with van der Waals surface area (Å²) in [7, 11) is -2.58. The summed E-state index contributed by atoms with van der Waals surface area (Å²) < 4.78 is 46.0. The van der Waals surface area contributed by atoms with Crippen LogP contribution in [0.15, 0.2) is 48.6 Å². The number of allylic oxidation sites excluding steroid dienone is 1. The van der Waals surface area contributed by atoms with E-state index in [0.717, 1.165) is 42.8 Å². The molecule has 1 fully saturated rings. The van der Waals surface area contributed by atoms with E-state index in [9.17, 15) is 18.0 Å². The van der Waals surface area contributed by atoms with Gasteiger partial charge in [0, 0.05) is 29.1 Å². The predicted octanol–water partition coefficient (Wildman–Crippen LogP) is 5.20. The number of halogens is 1. The minimum atomic E-state index is -3.92. The summed E-state index contributed by atoms with van der Waals surface area (Å²) in [5, 5.41) is -0.0674. The van der Waals surface area contributed by atoms with Crippen molar-refractivity contribution in [1.29, 1.82) is 0 Å². The van der Waals surface area contributed by atoms with Crippen LogP contribution >= 0.6 is 11.6 Å². The van der Waals surface area contributed by atoms with Crippen LogP contribution in [-0.2, 0) is 36.1 Å². The molecule has 5 atom stereocenters. The highest BCUT2D eigenvalue weighted by molar-refractivity contribution is 7.90. The Bertz CT molecular complexity index is 1590. The standard InChI is InChI=1S/C34H41ClN2O7S/c1-22-6-3-4-8-30(43-19-32(38)42-2)27-12-9-25(27)18-37-20-34(15-5-7-23-16-26(35)11-13-28(23)34)21-44-31-14-10-24(17-29(31)37)33(39)36-45(22,40)41/h4,8,10-11,13-14,16-17,22,25,27,30H,3,5-7,9,12,15,18-21H2,1-2H3,(H,36,39)/b8-4+/t22-,25+,27-,30+,34+/m1/s1. The van der Waals surface area contributed by atoms with Crippen LogP contribution in [0.5, 0.6) is 5.75 Å². The third-order valence-corrected chi connectivity index (χ3v) is 12.1. The minimum absolute atomic E-state index is 0.155. The second kappa shape index (κ2) is 13.0. The smallest absolute Gasteiger partial charge is 0.331 e. The quantitative estimate of drug-likeness (QED) is 0.355. The molecule has 0 aromatic heterocycles. The van der Waals surface area contributed by atoms with Gasteiger partial charge in [0.2, 0.25) is 10.0 Å². The molecule has 11 heteroatoms. The maximum Gasteiger partial charge on any atom is 0.331 e. The van der Waals surface area contributed by atoms with Gasteiger partial charge in [-0.25, -0.2) is 17.9 Å². The second-order valence-electron chi connectivity index (χ2n) is 12.9. The molecule has 0 saturated heterocycles. The van der Waals surface area contributed by atoms with Crippen molar-refractivity contribution in [2.24, 2.45) is 11.8 Å². The summed E-state index contributed by atoms with van der Waals surface area (Å²) in [5.41, 5.74) is 3.22. The number of ether oxygens (including phenoxy) is 3. The van der Waals surface area contributed by atoms with Crippen molar-refractivity contribution in [2.45, 2.75) is 68.6 Å². The van der Waals surface area contributed by atoms with E-state index in [1.165, 1.54) is 18.2 Å². The number of fused-ring (bicyclic) bond motifs is 4. The molecule has 2 aromatic rings. The molecule has 2 bridgehead atoms. The Hall–Kier alpha value is -3.08. The van der Waals surface area contributed by atoms with Crippen LogP contribution in [0.1, 0.15) is 66.9 Å². The molecule has 6 rings (SSSR count). The summed E-state index contributed by atoms with van der Waals surface area (Å²) in [4.78, 5) is 27.7. The van der Waals surface area contributed by atoms with E-state index in [2.05, 4.69) is 21.8 Å². The number of aryl methyl sites for hydroxylation is 1. The maximum absolute atomic E-state index is 13.3. The molecule has 1 saturated carbocycles. The molecule has 0 unspecified atom stereocenters. The number of hydrogen-bond donors (Lipinski definition) is 1. The fraction of sp³-hybridized carbons (Fsp3) is 0.529. The molecular formula is C34H41ClN2O7S. The number of nitrogens with one attached hydrogen (secondary N) is 1. The van der Waals surface area contributed by atoms with Gasteiger partial charge in [0.05, 0.1) is 30.8 Å². The van der Waals surface area contributed by atoms with Crippen molar-refractivity contribution >= 4 is 39.2 Å². The normalized spacial score (nSPS) is 30.0. The molecule has 4 aliphatic rings. The van der Waals surface area contributed by atoms with Crippen molar-refractivity contribution in [3.8, 4) is 5.75 Å². The zero-order chi connectivity index (χ0) is 31.8. The molecule has 1 spiro atoms. The predicted molar refractivity (Wildman–Crippen MR) is 172 cm³/mol. The summed E-state index contributed by atoms with van der Waals surface area (Å²) >= 11 is 6.41. The lowest BCUT2D eigenvalue weighted by atomic mass is 9.68. The van der Waals surface area contributed by atoms with Crippen LogP contribution in [0.3, 0.4) is 0 Å². The average Bonchev–Trinajstić information content (AvgIpc) is 3.15. The topological polar surface area (TPSA) is 111 Å². The van der Waals surface area contributed by atoms with Crippen LogP contribution < -0.4 is 14.4 Å². The number of hydrogen-bond acceptors (Lipinski definition) is 8. The molecule has 0 radical (unpaired) electrons. The van der Waals surface area contributed by atoms with Gasteiger partial charge >= 0.3 is 5.97 Å². The lowest BCUT2D eigenvalue weighted by molar-refractivity contribution is -0.149. The number of rotatable bonds is 3. The summed E-state index contributed by atoms with van der Waals surface area (Å²) in [5.74, 6) is -0.00509. The SMILES string of the molecule is COC(=O)CO[C@H]1/C=C/CC[C@@H](C)S(=O)(=O)NC(=O)c2ccc3c(c2)N(C[C@@H]2CC[C@H]21)C[C@@]1(CCCc2cc(Cl)ccc21)CO3. The number of sulfonamides is 1. The van der Waals surface area contributed by atoms with Gasteiger partial charge in [-0.05, 0) is 105 Å². The van der Waals surface area contributed by atoms with Crippen LogP contribution in [-0.4, -0.2) is 65.1 Å². The third-order valence-electron chi connectivity index (χ3n) is 10.1. The summed E-state index contributed by atoms with van der Waals surface area (Å²) in [6.07, 6.45) is 9.23. The molecular weight excluding hydrogens is 616 g/mol. The molecule has 9 nitrogen and oxygen atoms in total. The van der Waals surface area contributed by atoms with Crippen LogP contribution in [0, 0.1) is 11.8 Å². The first-order valence-corrected chi connectivity index (χ1v) is 17.7. The highest BCUT2D eigenvalue weighted by Gasteiger charge is 2.44. The van der Waals surface area contributed by atoms with Gasteiger partial charge in [0.15, 0.2) is 0 Å². The van der Waals surface area contributed by atoms with E-state index >= 15 is 0 Å². The largest absolute Gasteiger partial charge is 0.490 e. The molecule has 1 N–H and O–H groups in total. The van der Waals surface area contributed by atoms with E-state index < -0.39 is 27.1 Å². The number of benzene rings is 2. The first kappa shape index (κ1) is 31.9.